The van der Waals surface area contributed by atoms with Crippen molar-refractivity contribution in [3.05, 3.63) is 70.8 Å². The van der Waals surface area contributed by atoms with Crippen molar-refractivity contribution >= 4 is 0 Å². The van der Waals surface area contributed by atoms with Gasteiger partial charge in [-0.1, -0.05) is 25.1 Å². The Bertz CT molecular complexity index is 628. The lowest BCUT2D eigenvalue weighted by Gasteiger charge is -2.19. The van der Waals surface area contributed by atoms with Gasteiger partial charge in [0.2, 0.25) is 0 Å². The molecule has 1 atom stereocenters. The van der Waals surface area contributed by atoms with E-state index in [-0.39, 0.29) is 17.5 Å². The van der Waals surface area contributed by atoms with Crippen LogP contribution in [-0.4, -0.2) is 6.54 Å². The molecule has 1 N–H and O–H groups in total. The number of rotatable bonds is 5. The summed E-state index contributed by atoms with van der Waals surface area (Å²) >= 11 is 0. The number of hydrogen-bond donors (Lipinski definition) is 1. The van der Waals surface area contributed by atoms with Gasteiger partial charge >= 0.3 is 0 Å². The van der Waals surface area contributed by atoms with E-state index in [1.807, 2.05) is 6.92 Å². The molecule has 5 heteroatoms. The molecule has 0 aliphatic carbocycles. The molecule has 2 aromatic rings. The van der Waals surface area contributed by atoms with E-state index < -0.39 is 29.3 Å². The van der Waals surface area contributed by atoms with Gasteiger partial charge in [0.25, 0.3) is 0 Å². The Labute approximate surface area is 120 Å². The molecule has 0 saturated heterocycles. The van der Waals surface area contributed by atoms with Gasteiger partial charge in [-0.05, 0) is 30.7 Å². The standard InChI is InChI=1S/C16H15F4N/c1-2-21-15(12-7-6-11(17)9-14(12)19)8-10-4-3-5-13(18)16(10)20/h3-7,9,15,21H,2,8H2,1H3. The molecule has 0 aliphatic heterocycles. The smallest absolute Gasteiger partial charge is 0.162 e. The maximum Gasteiger partial charge on any atom is 0.162 e. The number of halogens is 4. The van der Waals surface area contributed by atoms with E-state index in [2.05, 4.69) is 5.32 Å². The lowest BCUT2D eigenvalue weighted by atomic mass is 9.97. The summed E-state index contributed by atoms with van der Waals surface area (Å²) < 4.78 is 53.8. The highest BCUT2D eigenvalue weighted by atomic mass is 19.2. The average Bonchev–Trinajstić information content (AvgIpc) is 2.43. The molecule has 0 radical (unpaired) electrons. The maximum absolute atomic E-state index is 13.9. The Kier molecular flexibility index (Phi) is 4.96. The van der Waals surface area contributed by atoms with Crippen LogP contribution < -0.4 is 5.32 Å². The van der Waals surface area contributed by atoms with E-state index in [9.17, 15) is 17.6 Å². The predicted octanol–water partition coefficient (Wildman–Crippen LogP) is 4.14. The monoisotopic (exact) mass is 297 g/mol. The van der Waals surface area contributed by atoms with Gasteiger partial charge in [0.15, 0.2) is 11.6 Å². The van der Waals surface area contributed by atoms with E-state index in [1.54, 1.807) is 0 Å². The molecule has 112 valence electrons. The third kappa shape index (κ3) is 3.61. The molecule has 2 aromatic carbocycles. The molecular formula is C16H15F4N. The van der Waals surface area contributed by atoms with Crippen molar-refractivity contribution < 1.29 is 17.6 Å². The summed E-state index contributed by atoms with van der Waals surface area (Å²) in [6.07, 6.45) is 0.0694. The van der Waals surface area contributed by atoms with Gasteiger partial charge in [-0.3, -0.25) is 0 Å². The molecule has 0 spiro atoms. The molecule has 0 aliphatic rings. The van der Waals surface area contributed by atoms with Crippen LogP contribution in [-0.2, 0) is 6.42 Å². The fourth-order valence-electron chi connectivity index (χ4n) is 2.25. The number of hydrogen-bond acceptors (Lipinski definition) is 1. The average molecular weight is 297 g/mol. The van der Waals surface area contributed by atoms with Crippen LogP contribution in [0.2, 0.25) is 0 Å². The minimum atomic E-state index is -0.942. The van der Waals surface area contributed by atoms with Crippen molar-refractivity contribution in [1.82, 2.24) is 5.32 Å². The summed E-state index contributed by atoms with van der Waals surface area (Å²) in [5.41, 5.74) is 0.367. The second-order valence-electron chi connectivity index (χ2n) is 4.69. The lowest BCUT2D eigenvalue weighted by molar-refractivity contribution is 0.470. The van der Waals surface area contributed by atoms with Crippen LogP contribution in [0, 0.1) is 23.3 Å². The Morgan fingerprint density at radius 1 is 1.00 bits per heavy atom. The summed E-state index contributed by atoms with van der Waals surface area (Å²) in [5.74, 6) is -3.27. The molecule has 2 rings (SSSR count). The quantitative estimate of drug-likeness (QED) is 0.818. The molecule has 0 heterocycles. The zero-order valence-electron chi connectivity index (χ0n) is 11.5. The number of likely N-dealkylation sites (N-methyl/N-ethyl adjacent to an activating group) is 1. The molecule has 21 heavy (non-hydrogen) atoms. The highest BCUT2D eigenvalue weighted by molar-refractivity contribution is 5.27. The van der Waals surface area contributed by atoms with Crippen molar-refractivity contribution in [2.45, 2.75) is 19.4 Å². The molecule has 0 saturated carbocycles. The highest BCUT2D eigenvalue weighted by Crippen LogP contribution is 2.24. The summed E-state index contributed by atoms with van der Waals surface area (Å²) in [5, 5.41) is 3.00. The zero-order chi connectivity index (χ0) is 15.4. The Morgan fingerprint density at radius 2 is 1.76 bits per heavy atom. The van der Waals surface area contributed by atoms with Crippen molar-refractivity contribution in [2.24, 2.45) is 0 Å². The van der Waals surface area contributed by atoms with Crippen LogP contribution in [0.4, 0.5) is 17.6 Å². The lowest BCUT2D eigenvalue weighted by Crippen LogP contribution is -2.24. The van der Waals surface area contributed by atoms with Gasteiger partial charge in [-0.25, -0.2) is 17.6 Å². The van der Waals surface area contributed by atoms with Gasteiger partial charge < -0.3 is 5.32 Å². The van der Waals surface area contributed by atoms with Gasteiger partial charge in [0.05, 0.1) is 0 Å². The highest BCUT2D eigenvalue weighted by Gasteiger charge is 2.19. The second kappa shape index (κ2) is 6.72. The van der Waals surface area contributed by atoms with Gasteiger partial charge in [0, 0.05) is 17.7 Å². The molecule has 0 aromatic heterocycles. The second-order valence-corrected chi connectivity index (χ2v) is 4.69. The first-order valence-corrected chi connectivity index (χ1v) is 6.64. The predicted molar refractivity (Wildman–Crippen MR) is 72.8 cm³/mol. The van der Waals surface area contributed by atoms with Crippen molar-refractivity contribution in [3.63, 3.8) is 0 Å². The first-order valence-electron chi connectivity index (χ1n) is 6.64. The van der Waals surface area contributed by atoms with Crippen LogP contribution in [0.5, 0.6) is 0 Å². The zero-order valence-corrected chi connectivity index (χ0v) is 11.5. The largest absolute Gasteiger partial charge is 0.310 e. The molecular weight excluding hydrogens is 282 g/mol. The van der Waals surface area contributed by atoms with E-state index in [0.29, 0.717) is 6.54 Å². The summed E-state index contributed by atoms with van der Waals surface area (Å²) in [7, 11) is 0. The van der Waals surface area contributed by atoms with Crippen molar-refractivity contribution in [2.75, 3.05) is 6.54 Å². The SMILES string of the molecule is CCNC(Cc1cccc(F)c1F)c1ccc(F)cc1F. The molecule has 0 bridgehead atoms. The summed E-state index contributed by atoms with van der Waals surface area (Å²) in [6, 6.07) is 6.55. The molecule has 1 nitrogen and oxygen atoms in total. The topological polar surface area (TPSA) is 12.0 Å². The fraction of sp³-hybridized carbons (Fsp3) is 0.250. The van der Waals surface area contributed by atoms with E-state index in [1.165, 1.54) is 18.2 Å². The van der Waals surface area contributed by atoms with Crippen molar-refractivity contribution in [3.8, 4) is 0 Å². The Balaban J connectivity index is 2.33. The molecule has 0 fully saturated rings. The minimum absolute atomic E-state index is 0.0694. The number of benzene rings is 2. The maximum atomic E-state index is 13.9. The van der Waals surface area contributed by atoms with Gasteiger partial charge in [0.1, 0.15) is 11.6 Å². The minimum Gasteiger partial charge on any atom is -0.310 e. The first-order chi connectivity index (χ1) is 10.0. The van der Waals surface area contributed by atoms with Crippen LogP contribution in [0.1, 0.15) is 24.1 Å². The van der Waals surface area contributed by atoms with E-state index >= 15 is 0 Å². The third-order valence-corrected chi connectivity index (χ3v) is 3.24. The Morgan fingerprint density at radius 3 is 2.43 bits per heavy atom. The van der Waals surface area contributed by atoms with Crippen LogP contribution in [0.3, 0.4) is 0 Å². The normalized spacial score (nSPS) is 12.4. The summed E-state index contributed by atoms with van der Waals surface area (Å²) in [6.45, 7) is 2.33. The van der Waals surface area contributed by atoms with Crippen LogP contribution in [0.25, 0.3) is 0 Å². The Hall–Kier alpha value is -1.88. The fourth-order valence-corrected chi connectivity index (χ4v) is 2.25. The van der Waals surface area contributed by atoms with Gasteiger partial charge in [-0.15, -0.1) is 0 Å². The summed E-state index contributed by atoms with van der Waals surface area (Å²) in [4.78, 5) is 0. The van der Waals surface area contributed by atoms with Crippen LogP contribution >= 0.6 is 0 Å². The van der Waals surface area contributed by atoms with Gasteiger partial charge in [-0.2, -0.15) is 0 Å². The van der Waals surface area contributed by atoms with Crippen LogP contribution in [0.15, 0.2) is 36.4 Å². The van der Waals surface area contributed by atoms with Crippen molar-refractivity contribution in [1.29, 1.82) is 0 Å². The third-order valence-electron chi connectivity index (χ3n) is 3.24. The van der Waals surface area contributed by atoms with E-state index in [4.69, 9.17) is 0 Å². The molecule has 0 amide bonds. The molecule has 1 unspecified atom stereocenters. The van der Waals surface area contributed by atoms with E-state index in [0.717, 1.165) is 18.2 Å². The number of nitrogens with one attached hydrogen (secondary N) is 1. The first kappa shape index (κ1) is 15.5.